The molecule has 1 N–H and O–H groups in total. The van der Waals surface area contributed by atoms with Gasteiger partial charge in [0.05, 0.1) is 32.3 Å². The van der Waals surface area contributed by atoms with E-state index < -0.39 is 29.6 Å². The van der Waals surface area contributed by atoms with Crippen molar-refractivity contribution in [2.45, 2.75) is 0 Å². The van der Waals surface area contributed by atoms with Crippen molar-refractivity contribution in [2.24, 2.45) is 0 Å². The topological polar surface area (TPSA) is 124 Å². The molecule has 2 aromatic carbocycles. The van der Waals surface area contributed by atoms with E-state index in [1.165, 1.54) is 20.3 Å². The maximum absolute atomic E-state index is 13.0. The molecule has 2 aliphatic rings. The van der Waals surface area contributed by atoms with Gasteiger partial charge in [0.1, 0.15) is 6.54 Å². The number of methoxy groups -OCH3 is 2. The third-order valence-corrected chi connectivity index (χ3v) is 7.44. The molecule has 13 heteroatoms. The maximum Gasteiger partial charge on any atom is 0.343 e. The number of morpholine rings is 1. The van der Waals surface area contributed by atoms with Crippen molar-refractivity contribution in [1.29, 1.82) is 0 Å². The number of carbonyl (C=O) groups excluding carboxylic acids is 4. The van der Waals surface area contributed by atoms with Gasteiger partial charge >= 0.3 is 5.97 Å². The molecule has 0 spiro atoms. The zero-order chi connectivity index (χ0) is 27.9. The fourth-order valence-electron chi connectivity index (χ4n) is 3.83. The molecule has 2 heterocycles. The van der Waals surface area contributed by atoms with Gasteiger partial charge in [0.15, 0.2) is 18.1 Å². The lowest BCUT2D eigenvalue weighted by Crippen LogP contribution is -2.36. The summed E-state index contributed by atoms with van der Waals surface area (Å²) in [5, 5.41) is 2.18. The van der Waals surface area contributed by atoms with Crippen LogP contribution >= 0.6 is 27.7 Å². The number of amides is 3. The first kappa shape index (κ1) is 28.5. The minimum Gasteiger partial charge on any atom is -0.493 e. The van der Waals surface area contributed by atoms with Crippen LogP contribution in [-0.2, 0) is 23.9 Å². The van der Waals surface area contributed by atoms with Crippen molar-refractivity contribution < 1.29 is 38.1 Å². The van der Waals surface area contributed by atoms with E-state index in [1.807, 2.05) is 12.1 Å². The molecule has 206 valence electrons. The number of hydrogen-bond acceptors (Lipinski definition) is 10. The van der Waals surface area contributed by atoms with Crippen LogP contribution in [-0.4, -0.2) is 81.6 Å². The number of benzene rings is 2. The average molecular weight is 620 g/mol. The summed E-state index contributed by atoms with van der Waals surface area (Å²) in [5.74, 6) is -1.03. The van der Waals surface area contributed by atoms with Crippen LogP contribution in [0.25, 0.3) is 6.08 Å². The summed E-state index contributed by atoms with van der Waals surface area (Å²) in [6, 6.07) is 10.5. The second-order valence-electron chi connectivity index (χ2n) is 8.35. The zero-order valence-electron chi connectivity index (χ0n) is 21.2. The lowest BCUT2D eigenvalue weighted by Gasteiger charge is -2.28. The van der Waals surface area contributed by atoms with Crippen molar-refractivity contribution in [3.63, 3.8) is 0 Å². The molecule has 2 saturated heterocycles. The van der Waals surface area contributed by atoms with E-state index in [0.29, 0.717) is 34.7 Å². The third-order valence-electron chi connectivity index (χ3n) is 5.85. The van der Waals surface area contributed by atoms with E-state index in [1.54, 1.807) is 24.3 Å². The summed E-state index contributed by atoms with van der Waals surface area (Å²) in [7, 11) is 2.68. The molecule has 39 heavy (non-hydrogen) atoms. The molecule has 0 saturated carbocycles. The van der Waals surface area contributed by atoms with E-state index in [4.69, 9.17) is 14.2 Å². The maximum atomic E-state index is 13.0. The van der Waals surface area contributed by atoms with Gasteiger partial charge < -0.3 is 29.2 Å². The van der Waals surface area contributed by atoms with Crippen molar-refractivity contribution in [2.75, 3.05) is 63.9 Å². The summed E-state index contributed by atoms with van der Waals surface area (Å²) in [5.41, 5.74) is 2.12. The zero-order valence-corrected chi connectivity index (χ0v) is 23.6. The highest BCUT2D eigenvalue weighted by Crippen LogP contribution is 2.38. The van der Waals surface area contributed by atoms with Gasteiger partial charge in [0.25, 0.3) is 11.1 Å². The summed E-state index contributed by atoms with van der Waals surface area (Å²) in [6.45, 7) is 2.22. The molecule has 2 aliphatic heterocycles. The quantitative estimate of drug-likeness (QED) is 0.329. The number of nitrogens with zero attached hydrogens (tertiary/aromatic N) is 2. The monoisotopic (exact) mass is 619 g/mol. The number of halogens is 1. The van der Waals surface area contributed by atoms with Crippen LogP contribution in [0.2, 0.25) is 0 Å². The number of carbonyl (C=O) groups is 4. The van der Waals surface area contributed by atoms with Crippen molar-refractivity contribution in [3.05, 3.63) is 51.3 Å². The summed E-state index contributed by atoms with van der Waals surface area (Å²) in [6.07, 6.45) is 1.52. The highest BCUT2D eigenvalue weighted by molar-refractivity contribution is 9.10. The number of ether oxygens (including phenoxy) is 4. The first-order chi connectivity index (χ1) is 18.8. The number of thioether (sulfide) groups is 1. The van der Waals surface area contributed by atoms with Crippen LogP contribution in [0.5, 0.6) is 11.5 Å². The summed E-state index contributed by atoms with van der Waals surface area (Å²) in [4.78, 5) is 52.8. The first-order valence-electron chi connectivity index (χ1n) is 11.8. The Labute approximate surface area is 237 Å². The van der Waals surface area contributed by atoms with Crippen LogP contribution < -0.4 is 19.7 Å². The Kier molecular flexibility index (Phi) is 9.49. The lowest BCUT2D eigenvalue weighted by molar-refractivity contribution is -0.143. The van der Waals surface area contributed by atoms with E-state index >= 15 is 0 Å². The van der Waals surface area contributed by atoms with E-state index in [-0.39, 0.29) is 17.3 Å². The highest BCUT2D eigenvalue weighted by Gasteiger charge is 2.36. The van der Waals surface area contributed by atoms with Crippen LogP contribution in [0.3, 0.4) is 0 Å². The Hall–Kier alpha value is -3.55. The van der Waals surface area contributed by atoms with Gasteiger partial charge in [-0.3, -0.25) is 19.3 Å². The standard InChI is InChI=1S/C26H26BrN3O8S/c1-35-20-11-16(19(27)13-21(20)38-15-24(32)36-2)12-22-25(33)30(26(34)39-22)14-23(31)28-17-3-5-18(6-4-17)29-7-9-37-10-8-29/h3-6,11-13H,7-10,14-15H2,1-2H3,(H,28,31)/b22-12+. The minimum absolute atomic E-state index is 0.147. The molecule has 0 unspecified atom stereocenters. The molecular weight excluding hydrogens is 594 g/mol. The summed E-state index contributed by atoms with van der Waals surface area (Å²) < 4.78 is 21.2. The predicted octanol–water partition coefficient (Wildman–Crippen LogP) is 3.52. The Morgan fingerprint density at radius 3 is 2.49 bits per heavy atom. The number of hydrogen-bond donors (Lipinski definition) is 1. The molecule has 3 amide bonds. The van der Waals surface area contributed by atoms with Crippen LogP contribution in [0.4, 0.5) is 16.2 Å². The number of nitrogens with one attached hydrogen (secondary N) is 1. The SMILES string of the molecule is COC(=O)COc1cc(Br)c(/C=C2/SC(=O)N(CC(=O)Nc3ccc(N4CCOCC4)cc3)C2=O)cc1OC. The van der Waals surface area contributed by atoms with Crippen molar-refractivity contribution >= 4 is 68.2 Å². The normalized spacial score (nSPS) is 16.4. The molecule has 0 aromatic heterocycles. The number of anilines is 2. The Bertz CT molecular complexity index is 1290. The van der Waals surface area contributed by atoms with E-state index in [9.17, 15) is 19.2 Å². The van der Waals surface area contributed by atoms with Gasteiger partial charge in [0.2, 0.25) is 5.91 Å². The van der Waals surface area contributed by atoms with Gasteiger partial charge in [-0.2, -0.15) is 0 Å². The smallest absolute Gasteiger partial charge is 0.343 e. The van der Waals surface area contributed by atoms with Gasteiger partial charge in [-0.25, -0.2) is 4.79 Å². The molecule has 4 rings (SSSR count). The van der Waals surface area contributed by atoms with Crippen molar-refractivity contribution in [3.8, 4) is 11.5 Å². The molecule has 2 fully saturated rings. The number of imide groups is 1. The van der Waals surface area contributed by atoms with Crippen LogP contribution in [0.15, 0.2) is 45.8 Å². The Morgan fingerprint density at radius 1 is 1.10 bits per heavy atom. The average Bonchev–Trinajstić information content (AvgIpc) is 3.20. The molecule has 2 aromatic rings. The number of esters is 1. The second kappa shape index (κ2) is 13.0. The van der Waals surface area contributed by atoms with Gasteiger partial charge in [0, 0.05) is 28.9 Å². The molecule has 11 nitrogen and oxygen atoms in total. The molecule has 0 atom stereocenters. The second-order valence-corrected chi connectivity index (χ2v) is 10.2. The van der Waals surface area contributed by atoms with Crippen LogP contribution in [0.1, 0.15) is 5.56 Å². The fraction of sp³-hybridized carbons (Fsp3) is 0.308. The lowest BCUT2D eigenvalue weighted by atomic mass is 10.2. The van der Waals surface area contributed by atoms with Gasteiger partial charge in [-0.1, -0.05) is 15.9 Å². The third kappa shape index (κ3) is 7.11. The van der Waals surface area contributed by atoms with Crippen LogP contribution in [0, 0.1) is 0 Å². The first-order valence-corrected chi connectivity index (χ1v) is 13.4. The Morgan fingerprint density at radius 2 is 1.82 bits per heavy atom. The fourth-order valence-corrected chi connectivity index (χ4v) is 5.09. The molecular formula is C26H26BrN3O8S. The highest BCUT2D eigenvalue weighted by atomic mass is 79.9. The van der Waals surface area contributed by atoms with E-state index in [0.717, 1.165) is 35.4 Å². The van der Waals surface area contributed by atoms with Crippen molar-refractivity contribution in [1.82, 2.24) is 4.90 Å². The van der Waals surface area contributed by atoms with Gasteiger partial charge in [-0.05, 0) is 59.8 Å². The van der Waals surface area contributed by atoms with E-state index in [2.05, 4.69) is 30.9 Å². The largest absolute Gasteiger partial charge is 0.493 e. The molecule has 0 aliphatic carbocycles. The molecule has 0 bridgehead atoms. The summed E-state index contributed by atoms with van der Waals surface area (Å²) >= 11 is 4.15. The Balaban J connectivity index is 1.40. The molecule has 0 radical (unpaired) electrons. The van der Waals surface area contributed by atoms with Gasteiger partial charge in [-0.15, -0.1) is 0 Å². The predicted molar refractivity (Wildman–Crippen MR) is 149 cm³/mol. The minimum atomic E-state index is -0.584. The number of rotatable bonds is 9.